The van der Waals surface area contributed by atoms with Gasteiger partial charge in [0, 0.05) is 12.1 Å². The first kappa shape index (κ1) is 17.4. The van der Waals surface area contributed by atoms with E-state index in [1.165, 1.54) is 64.2 Å². The molecule has 2 rings (SSSR count). The van der Waals surface area contributed by atoms with E-state index in [-0.39, 0.29) is 5.85 Å². The molecule has 2 aliphatic rings. The Hall–Kier alpha value is 0.0569. The predicted molar refractivity (Wildman–Crippen MR) is 92.3 cm³/mol. The van der Waals surface area contributed by atoms with Crippen molar-refractivity contribution >= 4 is 10.5 Å². The zero-order valence-electron chi connectivity index (χ0n) is 14.0. The minimum Gasteiger partial charge on any atom is -0.398 e. The van der Waals surface area contributed by atoms with Crippen LogP contribution < -0.4 is 16.0 Å². The van der Waals surface area contributed by atoms with Crippen molar-refractivity contribution in [1.29, 1.82) is 0 Å². The van der Waals surface area contributed by atoms with Crippen LogP contribution in [-0.4, -0.2) is 41.5 Å². The van der Waals surface area contributed by atoms with Gasteiger partial charge in [-0.15, -0.1) is 0 Å². The van der Waals surface area contributed by atoms with Gasteiger partial charge in [0.05, 0.1) is 6.54 Å². The average Bonchev–Trinajstić information content (AvgIpc) is 2.55. The lowest BCUT2D eigenvalue weighted by Crippen LogP contribution is -2.67. The summed E-state index contributed by atoms with van der Waals surface area (Å²) >= 11 is 0. The summed E-state index contributed by atoms with van der Waals surface area (Å²) in [5.74, 6) is -0.347. The molecule has 0 saturated heterocycles. The van der Waals surface area contributed by atoms with Crippen molar-refractivity contribution in [3.05, 3.63) is 0 Å². The summed E-state index contributed by atoms with van der Waals surface area (Å²) in [6.45, 7) is 3.98. The van der Waals surface area contributed by atoms with Gasteiger partial charge in [-0.2, -0.15) is 0 Å². The Morgan fingerprint density at radius 3 is 2.05 bits per heavy atom. The Labute approximate surface area is 133 Å². The lowest BCUT2D eigenvalue weighted by atomic mass is 9.94. The van der Waals surface area contributed by atoms with Gasteiger partial charge in [0.25, 0.3) is 0 Å². The maximum absolute atomic E-state index is 6.03. The minimum absolute atomic E-state index is 0.347. The third-order valence-corrected chi connectivity index (χ3v) is 5.80. The highest BCUT2D eigenvalue weighted by molar-refractivity contribution is 5.98. The summed E-state index contributed by atoms with van der Waals surface area (Å²) in [5, 5.41) is 11.1. The molecule has 3 N–H and O–H groups in total. The van der Waals surface area contributed by atoms with Gasteiger partial charge in [-0.05, 0) is 32.2 Å². The van der Waals surface area contributed by atoms with Gasteiger partial charge in [0.1, 0.15) is 10.5 Å². The first-order valence-corrected chi connectivity index (χ1v) is 9.91. The average molecular weight is 314 g/mol. The highest BCUT2D eigenvalue weighted by Crippen LogP contribution is 2.21. The van der Waals surface area contributed by atoms with Gasteiger partial charge in [0.2, 0.25) is 0 Å². The predicted octanol–water partition coefficient (Wildman–Crippen LogP) is 1.39. The monoisotopic (exact) mass is 313 g/mol. The standard InChI is InChI=1S/C16H35N3OSi/c1-2-18-16(20-21,19-15-11-7-4-8-12-15)13-17-14-9-5-3-6-10-14/h14-15,17-19H,2-13H2,1,21H3. The molecule has 1 unspecified atom stereocenters. The van der Waals surface area contributed by atoms with Crippen molar-refractivity contribution in [2.24, 2.45) is 0 Å². The van der Waals surface area contributed by atoms with E-state index in [0.717, 1.165) is 23.6 Å². The van der Waals surface area contributed by atoms with Crippen molar-refractivity contribution < 1.29 is 4.43 Å². The largest absolute Gasteiger partial charge is 0.398 e. The lowest BCUT2D eigenvalue weighted by Gasteiger charge is -2.40. The van der Waals surface area contributed by atoms with Gasteiger partial charge in [-0.25, -0.2) is 0 Å². The zero-order valence-corrected chi connectivity index (χ0v) is 16.0. The number of hydrogen-bond acceptors (Lipinski definition) is 4. The quantitative estimate of drug-likeness (QED) is 0.468. The van der Waals surface area contributed by atoms with E-state index in [0.29, 0.717) is 12.1 Å². The molecule has 2 saturated carbocycles. The Morgan fingerprint density at radius 2 is 1.52 bits per heavy atom. The van der Waals surface area contributed by atoms with Gasteiger partial charge in [-0.1, -0.05) is 45.4 Å². The second-order valence-electron chi connectivity index (χ2n) is 6.76. The molecule has 0 bridgehead atoms. The molecule has 0 spiro atoms. The smallest absolute Gasteiger partial charge is 0.177 e. The maximum atomic E-state index is 6.03. The van der Waals surface area contributed by atoms with Crippen molar-refractivity contribution in [1.82, 2.24) is 16.0 Å². The molecular weight excluding hydrogens is 278 g/mol. The van der Waals surface area contributed by atoms with E-state index >= 15 is 0 Å². The molecule has 1 atom stereocenters. The van der Waals surface area contributed by atoms with E-state index in [9.17, 15) is 0 Å². The van der Waals surface area contributed by atoms with E-state index in [2.05, 4.69) is 22.9 Å². The molecule has 4 nitrogen and oxygen atoms in total. The summed E-state index contributed by atoms with van der Waals surface area (Å²) in [7, 11) is 0.753. The van der Waals surface area contributed by atoms with Crippen LogP contribution in [0.5, 0.6) is 0 Å². The van der Waals surface area contributed by atoms with E-state index in [1.807, 2.05) is 0 Å². The van der Waals surface area contributed by atoms with E-state index in [4.69, 9.17) is 4.43 Å². The van der Waals surface area contributed by atoms with Crippen LogP contribution in [0.2, 0.25) is 0 Å². The van der Waals surface area contributed by atoms with Crippen LogP contribution in [0.4, 0.5) is 0 Å². The zero-order chi connectivity index (χ0) is 15.0. The first-order valence-electron chi connectivity index (χ1n) is 9.09. The molecule has 0 aromatic rings. The maximum Gasteiger partial charge on any atom is 0.177 e. The summed E-state index contributed by atoms with van der Waals surface area (Å²) < 4.78 is 6.03. The van der Waals surface area contributed by atoms with Gasteiger partial charge in [0.15, 0.2) is 5.85 Å². The molecule has 2 fully saturated rings. The van der Waals surface area contributed by atoms with Gasteiger partial charge < -0.3 is 9.74 Å². The molecule has 0 aromatic heterocycles. The summed E-state index contributed by atoms with van der Waals surface area (Å²) in [5.41, 5.74) is 0. The minimum atomic E-state index is -0.347. The van der Waals surface area contributed by atoms with Gasteiger partial charge in [-0.3, -0.25) is 10.6 Å². The molecule has 0 radical (unpaired) electrons. The Balaban J connectivity index is 1.87. The first-order chi connectivity index (χ1) is 10.3. The van der Waals surface area contributed by atoms with E-state index in [1.54, 1.807) is 0 Å². The van der Waals surface area contributed by atoms with Crippen LogP contribution in [0.25, 0.3) is 0 Å². The molecule has 0 amide bonds. The van der Waals surface area contributed by atoms with E-state index < -0.39 is 0 Å². The topological polar surface area (TPSA) is 45.3 Å². The Morgan fingerprint density at radius 1 is 0.952 bits per heavy atom. The van der Waals surface area contributed by atoms with Crippen LogP contribution in [0, 0.1) is 0 Å². The Bertz CT molecular complexity index is 281. The van der Waals surface area contributed by atoms with Crippen LogP contribution in [0.1, 0.15) is 71.1 Å². The fraction of sp³-hybridized carbons (Fsp3) is 1.00. The molecule has 0 aliphatic heterocycles. The fourth-order valence-corrected chi connectivity index (χ4v) is 4.23. The fourth-order valence-electron chi connectivity index (χ4n) is 3.82. The Kier molecular flexibility index (Phi) is 7.67. The van der Waals surface area contributed by atoms with Crippen LogP contribution >= 0.6 is 0 Å². The molecular formula is C16H35N3OSi. The highest BCUT2D eigenvalue weighted by Gasteiger charge is 2.32. The molecule has 0 aromatic carbocycles. The number of hydrogen-bond donors (Lipinski definition) is 3. The summed E-state index contributed by atoms with van der Waals surface area (Å²) in [4.78, 5) is 0. The van der Waals surface area contributed by atoms with Crippen molar-refractivity contribution in [2.45, 2.75) is 89.1 Å². The normalized spacial score (nSPS) is 25.0. The number of rotatable bonds is 8. The third-order valence-electron chi connectivity index (χ3n) is 5.10. The SMILES string of the molecule is CCNC(CNC1CCCCC1)(NC1CCCCC1)O[SiH3]. The summed E-state index contributed by atoms with van der Waals surface area (Å²) in [6, 6.07) is 1.29. The van der Waals surface area contributed by atoms with Crippen molar-refractivity contribution in [2.75, 3.05) is 13.1 Å². The second kappa shape index (κ2) is 9.25. The van der Waals surface area contributed by atoms with Crippen LogP contribution in [0.15, 0.2) is 0 Å². The molecule has 124 valence electrons. The van der Waals surface area contributed by atoms with Crippen LogP contribution in [-0.2, 0) is 4.43 Å². The molecule has 2 aliphatic carbocycles. The summed E-state index contributed by atoms with van der Waals surface area (Å²) in [6.07, 6.45) is 13.5. The van der Waals surface area contributed by atoms with Crippen molar-refractivity contribution in [3.8, 4) is 0 Å². The number of likely N-dealkylation sites (N-methyl/N-ethyl adjacent to an activating group) is 1. The van der Waals surface area contributed by atoms with Crippen molar-refractivity contribution in [3.63, 3.8) is 0 Å². The number of nitrogens with one attached hydrogen (secondary N) is 3. The lowest BCUT2D eigenvalue weighted by molar-refractivity contribution is -0.0105. The molecule has 5 heteroatoms. The van der Waals surface area contributed by atoms with Crippen LogP contribution in [0.3, 0.4) is 0 Å². The molecule has 21 heavy (non-hydrogen) atoms. The second-order valence-corrected chi connectivity index (χ2v) is 7.16. The molecule has 0 heterocycles. The third kappa shape index (κ3) is 5.64. The van der Waals surface area contributed by atoms with Gasteiger partial charge >= 0.3 is 0 Å². The highest BCUT2D eigenvalue weighted by atomic mass is 28.2.